The highest BCUT2D eigenvalue weighted by Crippen LogP contribution is 2.42. The molecule has 2 bridgehead atoms. The van der Waals surface area contributed by atoms with Crippen LogP contribution in [0.25, 0.3) is 0 Å². The molecule has 2 aliphatic carbocycles. The van der Waals surface area contributed by atoms with Crippen molar-refractivity contribution < 1.29 is 0 Å². The molecule has 1 aromatic carbocycles. The molecule has 80 valence electrons. The van der Waals surface area contributed by atoms with Crippen LogP contribution in [-0.4, -0.2) is 14.1 Å². The Morgan fingerprint density at radius 1 is 0.875 bits per heavy atom. The molecule has 1 heteroatoms. The van der Waals surface area contributed by atoms with Crippen molar-refractivity contribution in [2.24, 2.45) is 0 Å². The molecule has 3 rings (SSSR count). The monoisotopic (exact) mass is 209 g/mol. The van der Waals surface area contributed by atoms with E-state index in [1.807, 2.05) is 0 Å². The van der Waals surface area contributed by atoms with Crippen molar-refractivity contribution in [1.29, 1.82) is 0 Å². The number of fused-ring (bicyclic) bond motifs is 2. The van der Waals surface area contributed by atoms with Crippen molar-refractivity contribution in [2.45, 2.75) is 5.92 Å². The molecule has 0 N–H and O–H groups in total. The van der Waals surface area contributed by atoms with Gasteiger partial charge in [0, 0.05) is 25.7 Å². The maximum absolute atomic E-state index is 2.24. The van der Waals surface area contributed by atoms with E-state index in [1.165, 1.54) is 22.4 Å². The van der Waals surface area contributed by atoms with Gasteiger partial charge in [-0.05, 0) is 28.8 Å². The second-order valence-corrected chi connectivity index (χ2v) is 4.59. The van der Waals surface area contributed by atoms with Gasteiger partial charge in [-0.3, -0.25) is 0 Å². The van der Waals surface area contributed by atoms with Crippen LogP contribution in [0.1, 0.15) is 11.5 Å². The summed E-state index contributed by atoms with van der Waals surface area (Å²) in [5.41, 5.74) is 5.50. The normalized spacial score (nSPS) is 17.6. The first kappa shape index (κ1) is 9.46. The van der Waals surface area contributed by atoms with Gasteiger partial charge in [0.1, 0.15) is 0 Å². The topological polar surface area (TPSA) is 3.24 Å². The van der Waals surface area contributed by atoms with Gasteiger partial charge in [-0.1, -0.05) is 36.4 Å². The van der Waals surface area contributed by atoms with Crippen molar-refractivity contribution in [3.63, 3.8) is 0 Å². The quantitative estimate of drug-likeness (QED) is 0.722. The summed E-state index contributed by atoms with van der Waals surface area (Å²) in [6.45, 7) is 0. The largest absolute Gasteiger partial charge is 0.378 e. The molecule has 0 atom stereocenters. The number of benzene rings is 1. The van der Waals surface area contributed by atoms with Crippen LogP contribution in [0.15, 0.2) is 59.7 Å². The van der Waals surface area contributed by atoms with E-state index in [-0.39, 0.29) is 0 Å². The molecule has 0 unspecified atom stereocenters. The Bertz CT molecular complexity index is 479. The highest BCUT2D eigenvalue weighted by molar-refractivity contribution is 5.61. The average molecular weight is 209 g/mol. The number of allylic oxidation sites excluding steroid dienone is 6. The minimum Gasteiger partial charge on any atom is -0.378 e. The SMILES string of the molecule is CN(C)c1ccc(C2C3=CC=C2C=C3)cc1. The summed E-state index contributed by atoms with van der Waals surface area (Å²) < 4.78 is 0. The van der Waals surface area contributed by atoms with Gasteiger partial charge in [0.05, 0.1) is 0 Å². The number of rotatable bonds is 2. The molecule has 0 fully saturated rings. The molecule has 0 heterocycles. The van der Waals surface area contributed by atoms with E-state index in [0.29, 0.717) is 5.92 Å². The fourth-order valence-electron chi connectivity index (χ4n) is 2.42. The highest BCUT2D eigenvalue weighted by atomic mass is 15.1. The molecular weight excluding hydrogens is 194 g/mol. The predicted octanol–water partition coefficient (Wildman–Crippen LogP) is 3.27. The minimum absolute atomic E-state index is 0.496. The van der Waals surface area contributed by atoms with Crippen molar-refractivity contribution in [3.8, 4) is 0 Å². The molecule has 1 nitrogen and oxygen atoms in total. The molecule has 0 amide bonds. The maximum atomic E-state index is 2.24. The lowest BCUT2D eigenvalue weighted by molar-refractivity contribution is 1.03. The van der Waals surface area contributed by atoms with Crippen LogP contribution < -0.4 is 4.90 Å². The smallest absolute Gasteiger partial charge is 0.0361 e. The van der Waals surface area contributed by atoms with Crippen molar-refractivity contribution in [3.05, 3.63) is 65.3 Å². The van der Waals surface area contributed by atoms with Crippen LogP contribution >= 0.6 is 0 Å². The lowest BCUT2D eigenvalue weighted by Crippen LogP contribution is -2.08. The predicted molar refractivity (Wildman–Crippen MR) is 68.8 cm³/mol. The van der Waals surface area contributed by atoms with E-state index in [1.54, 1.807) is 0 Å². The van der Waals surface area contributed by atoms with Crippen LogP contribution in [0, 0.1) is 0 Å². The molecule has 0 saturated carbocycles. The third-order valence-corrected chi connectivity index (χ3v) is 3.35. The van der Waals surface area contributed by atoms with Gasteiger partial charge in [-0.15, -0.1) is 0 Å². The Morgan fingerprint density at radius 3 is 1.88 bits per heavy atom. The van der Waals surface area contributed by atoms with Crippen molar-refractivity contribution in [1.82, 2.24) is 0 Å². The second-order valence-electron chi connectivity index (χ2n) is 4.59. The minimum atomic E-state index is 0.496. The molecule has 0 radical (unpaired) electrons. The Hall–Kier alpha value is -1.76. The van der Waals surface area contributed by atoms with Crippen LogP contribution in [0.5, 0.6) is 0 Å². The second kappa shape index (κ2) is 3.38. The summed E-state index contributed by atoms with van der Waals surface area (Å²) in [5.74, 6) is 0.496. The number of hydrogen-bond donors (Lipinski definition) is 0. The summed E-state index contributed by atoms with van der Waals surface area (Å²) in [5, 5.41) is 0. The van der Waals surface area contributed by atoms with Gasteiger partial charge in [-0.2, -0.15) is 0 Å². The summed E-state index contributed by atoms with van der Waals surface area (Å²) in [6, 6.07) is 8.85. The summed E-state index contributed by atoms with van der Waals surface area (Å²) in [7, 11) is 4.14. The molecule has 0 aromatic heterocycles. The van der Waals surface area contributed by atoms with Crippen molar-refractivity contribution >= 4 is 5.69 Å². The van der Waals surface area contributed by atoms with Gasteiger partial charge >= 0.3 is 0 Å². The molecule has 1 aromatic rings. The van der Waals surface area contributed by atoms with Gasteiger partial charge in [-0.25, -0.2) is 0 Å². The van der Waals surface area contributed by atoms with Crippen LogP contribution in [0.3, 0.4) is 0 Å². The third kappa shape index (κ3) is 1.32. The van der Waals surface area contributed by atoms with Crippen LogP contribution in [0.4, 0.5) is 5.69 Å². The Balaban J connectivity index is 1.92. The van der Waals surface area contributed by atoms with E-state index in [2.05, 4.69) is 67.6 Å². The molecular formula is C15H15N. The summed E-state index contributed by atoms with van der Waals surface area (Å²) in [4.78, 5) is 2.13. The number of nitrogens with zero attached hydrogens (tertiary/aromatic N) is 1. The first-order valence-electron chi connectivity index (χ1n) is 5.63. The number of anilines is 1. The first-order chi connectivity index (χ1) is 7.75. The van der Waals surface area contributed by atoms with Gasteiger partial charge in [0.2, 0.25) is 0 Å². The average Bonchev–Trinajstić information content (AvgIpc) is 2.88. The summed E-state index contributed by atoms with van der Waals surface area (Å²) >= 11 is 0. The Kier molecular flexibility index (Phi) is 2.00. The lowest BCUT2D eigenvalue weighted by Gasteiger charge is -2.15. The molecule has 16 heavy (non-hydrogen) atoms. The molecule has 0 saturated heterocycles. The third-order valence-electron chi connectivity index (χ3n) is 3.35. The van der Waals surface area contributed by atoms with Crippen LogP contribution in [0.2, 0.25) is 0 Å². The fourth-order valence-corrected chi connectivity index (χ4v) is 2.42. The van der Waals surface area contributed by atoms with E-state index in [4.69, 9.17) is 0 Å². The van der Waals surface area contributed by atoms with Gasteiger partial charge < -0.3 is 4.90 Å². The van der Waals surface area contributed by atoms with E-state index >= 15 is 0 Å². The van der Waals surface area contributed by atoms with Gasteiger partial charge in [0.25, 0.3) is 0 Å². The summed E-state index contributed by atoms with van der Waals surface area (Å²) in [6.07, 6.45) is 8.89. The zero-order valence-corrected chi connectivity index (χ0v) is 9.64. The molecule has 0 aliphatic heterocycles. The number of hydrogen-bond acceptors (Lipinski definition) is 1. The lowest BCUT2D eigenvalue weighted by atomic mass is 9.93. The highest BCUT2D eigenvalue weighted by Gasteiger charge is 2.25. The van der Waals surface area contributed by atoms with Crippen LogP contribution in [-0.2, 0) is 0 Å². The Morgan fingerprint density at radius 2 is 1.44 bits per heavy atom. The maximum Gasteiger partial charge on any atom is 0.0361 e. The van der Waals surface area contributed by atoms with E-state index < -0.39 is 0 Å². The zero-order valence-electron chi connectivity index (χ0n) is 9.64. The van der Waals surface area contributed by atoms with E-state index in [0.717, 1.165) is 0 Å². The molecule has 0 spiro atoms. The van der Waals surface area contributed by atoms with Gasteiger partial charge in [0.15, 0.2) is 0 Å². The standard InChI is InChI=1S/C15H15N/c1-16(2)14-9-7-13(8-10-14)15-11-3-4-12(15)6-5-11/h3-10,15H,1-2H3. The Labute approximate surface area is 96.4 Å². The first-order valence-corrected chi connectivity index (χ1v) is 5.63. The van der Waals surface area contributed by atoms with Crippen molar-refractivity contribution in [2.75, 3.05) is 19.0 Å². The zero-order chi connectivity index (χ0) is 11.1. The molecule has 2 aliphatic rings. The van der Waals surface area contributed by atoms with E-state index in [9.17, 15) is 0 Å². The fraction of sp³-hybridized carbons (Fsp3) is 0.200.